The third-order valence-corrected chi connectivity index (χ3v) is 4.44. The third-order valence-electron chi connectivity index (χ3n) is 4.44. The zero-order valence-corrected chi connectivity index (χ0v) is 13.5. The van der Waals surface area contributed by atoms with Gasteiger partial charge in [-0.3, -0.25) is 4.79 Å². The number of hydrogen-bond acceptors (Lipinski definition) is 3. The largest absolute Gasteiger partial charge is 0.394 e. The number of benzene rings is 1. The Labute approximate surface area is 132 Å². The lowest BCUT2D eigenvalue weighted by Crippen LogP contribution is -2.41. The molecule has 1 aromatic rings. The SMILES string of the molecule is CC(C)(CC1CCOCC1)C(=O)N[C@H](CO)c1ccccc1. The van der Waals surface area contributed by atoms with Crippen molar-refractivity contribution in [2.75, 3.05) is 19.8 Å². The zero-order chi connectivity index (χ0) is 16.0. The molecule has 1 fully saturated rings. The van der Waals surface area contributed by atoms with Gasteiger partial charge in [-0.25, -0.2) is 0 Å². The molecular weight excluding hydrogens is 278 g/mol. The van der Waals surface area contributed by atoms with Gasteiger partial charge in [0.25, 0.3) is 0 Å². The van der Waals surface area contributed by atoms with Crippen LogP contribution in [0.3, 0.4) is 0 Å². The average Bonchev–Trinajstić information content (AvgIpc) is 2.53. The fourth-order valence-electron chi connectivity index (χ4n) is 3.04. The molecule has 2 rings (SSSR count). The van der Waals surface area contributed by atoms with Crippen molar-refractivity contribution >= 4 is 5.91 Å². The summed E-state index contributed by atoms with van der Waals surface area (Å²) in [5.41, 5.74) is 0.490. The summed E-state index contributed by atoms with van der Waals surface area (Å²) in [6.07, 6.45) is 2.91. The van der Waals surface area contributed by atoms with Crippen molar-refractivity contribution in [3.05, 3.63) is 35.9 Å². The summed E-state index contributed by atoms with van der Waals surface area (Å²) in [6, 6.07) is 9.26. The summed E-state index contributed by atoms with van der Waals surface area (Å²) in [4.78, 5) is 12.6. The maximum Gasteiger partial charge on any atom is 0.226 e. The molecular formula is C18H27NO3. The quantitative estimate of drug-likeness (QED) is 0.849. The molecule has 1 heterocycles. The highest BCUT2D eigenvalue weighted by Gasteiger charge is 2.32. The van der Waals surface area contributed by atoms with E-state index in [1.165, 1.54) is 0 Å². The Kier molecular flexibility index (Phi) is 5.98. The number of amides is 1. The zero-order valence-electron chi connectivity index (χ0n) is 13.5. The minimum atomic E-state index is -0.440. The van der Waals surface area contributed by atoms with Crippen LogP contribution in [0, 0.1) is 11.3 Å². The first-order valence-corrected chi connectivity index (χ1v) is 8.07. The molecule has 0 aliphatic carbocycles. The van der Waals surface area contributed by atoms with Crippen LogP contribution in [0.5, 0.6) is 0 Å². The monoisotopic (exact) mass is 305 g/mol. The number of ether oxygens (including phenoxy) is 1. The highest BCUT2D eigenvalue weighted by atomic mass is 16.5. The molecule has 0 radical (unpaired) electrons. The fraction of sp³-hybridized carbons (Fsp3) is 0.611. The Morgan fingerprint density at radius 3 is 2.55 bits per heavy atom. The van der Waals surface area contributed by atoms with Gasteiger partial charge in [-0.15, -0.1) is 0 Å². The molecule has 0 unspecified atom stereocenters. The predicted octanol–water partition coefficient (Wildman–Crippen LogP) is 2.68. The minimum Gasteiger partial charge on any atom is -0.394 e. The van der Waals surface area contributed by atoms with E-state index >= 15 is 0 Å². The van der Waals surface area contributed by atoms with Crippen molar-refractivity contribution in [2.24, 2.45) is 11.3 Å². The number of rotatable bonds is 6. The Morgan fingerprint density at radius 2 is 1.95 bits per heavy atom. The summed E-state index contributed by atoms with van der Waals surface area (Å²) >= 11 is 0. The molecule has 0 spiro atoms. The molecule has 0 bridgehead atoms. The highest BCUT2D eigenvalue weighted by molar-refractivity contribution is 5.82. The first-order valence-electron chi connectivity index (χ1n) is 8.07. The molecule has 122 valence electrons. The number of carbonyl (C=O) groups excluding carboxylic acids is 1. The normalized spacial score (nSPS) is 18.0. The summed E-state index contributed by atoms with van der Waals surface area (Å²) in [5.74, 6) is 0.542. The summed E-state index contributed by atoms with van der Waals surface area (Å²) in [5, 5.41) is 12.6. The Balaban J connectivity index is 1.96. The van der Waals surface area contributed by atoms with Gasteiger partial charge in [0.1, 0.15) is 0 Å². The van der Waals surface area contributed by atoms with Crippen molar-refractivity contribution in [1.29, 1.82) is 0 Å². The van der Waals surface area contributed by atoms with Gasteiger partial charge in [0.05, 0.1) is 12.6 Å². The molecule has 2 N–H and O–H groups in total. The number of carbonyl (C=O) groups is 1. The van der Waals surface area contributed by atoms with Crippen molar-refractivity contribution < 1.29 is 14.6 Å². The highest BCUT2D eigenvalue weighted by Crippen LogP contribution is 2.31. The Hall–Kier alpha value is -1.39. The summed E-state index contributed by atoms with van der Waals surface area (Å²) in [7, 11) is 0. The van der Waals surface area contributed by atoms with Crippen LogP contribution in [0.2, 0.25) is 0 Å². The van der Waals surface area contributed by atoms with Gasteiger partial charge < -0.3 is 15.2 Å². The molecule has 0 aromatic heterocycles. The Morgan fingerprint density at radius 1 is 1.32 bits per heavy atom. The lowest BCUT2D eigenvalue weighted by atomic mass is 9.79. The molecule has 1 saturated heterocycles. The molecule has 4 heteroatoms. The van der Waals surface area contributed by atoms with E-state index in [4.69, 9.17) is 4.74 Å². The minimum absolute atomic E-state index is 0.00175. The van der Waals surface area contributed by atoms with Crippen molar-refractivity contribution in [3.8, 4) is 0 Å². The van der Waals surface area contributed by atoms with E-state index in [-0.39, 0.29) is 18.6 Å². The second-order valence-corrected chi connectivity index (χ2v) is 6.76. The van der Waals surface area contributed by atoms with E-state index in [0.717, 1.165) is 38.0 Å². The molecule has 4 nitrogen and oxygen atoms in total. The Bertz CT molecular complexity index is 466. The van der Waals surface area contributed by atoms with E-state index in [0.29, 0.717) is 5.92 Å². The van der Waals surface area contributed by atoms with Crippen LogP contribution in [-0.4, -0.2) is 30.8 Å². The number of hydrogen-bond donors (Lipinski definition) is 2. The van der Waals surface area contributed by atoms with E-state index < -0.39 is 5.41 Å². The van der Waals surface area contributed by atoms with Crippen molar-refractivity contribution in [1.82, 2.24) is 5.32 Å². The topological polar surface area (TPSA) is 58.6 Å². The fourth-order valence-corrected chi connectivity index (χ4v) is 3.04. The van der Waals surface area contributed by atoms with Gasteiger partial charge >= 0.3 is 0 Å². The van der Waals surface area contributed by atoms with Gasteiger partial charge in [-0.2, -0.15) is 0 Å². The maximum absolute atomic E-state index is 12.6. The van der Waals surface area contributed by atoms with Crippen LogP contribution in [0.15, 0.2) is 30.3 Å². The molecule has 0 saturated carbocycles. The van der Waals surface area contributed by atoms with E-state index in [9.17, 15) is 9.90 Å². The summed E-state index contributed by atoms with van der Waals surface area (Å²) < 4.78 is 5.38. The van der Waals surface area contributed by atoms with Gasteiger partial charge in [-0.1, -0.05) is 44.2 Å². The lowest BCUT2D eigenvalue weighted by molar-refractivity contribution is -0.131. The van der Waals surface area contributed by atoms with Crippen LogP contribution in [-0.2, 0) is 9.53 Å². The molecule has 1 aliphatic rings. The van der Waals surface area contributed by atoms with E-state index in [1.54, 1.807) is 0 Å². The molecule has 1 aromatic carbocycles. The average molecular weight is 305 g/mol. The van der Waals surface area contributed by atoms with Crippen LogP contribution >= 0.6 is 0 Å². The van der Waals surface area contributed by atoms with Crippen LogP contribution in [0.1, 0.15) is 44.7 Å². The van der Waals surface area contributed by atoms with Gasteiger partial charge in [-0.05, 0) is 30.7 Å². The molecule has 1 amide bonds. The molecule has 22 heavy (non-hydrogen) atoms. The molecule has 1 aliphatic heterocycles. The standard InChI is InChI=1S/C18H27NO3/c1-18(2,12-14-8-10-22-11-9-14)17(21)19-16(13-20)15-6-4-3-5-7-15/h3-7,14,16,20H,8-13H2,1-2H3,(H,19,21)/t16-/m1/s1. The van der Waals surface area contributed by atoms with E-state index in [2.05, 4.69) is 5.32 Å². The second kappa shape index (κ2) is 7.75. The van der Waals surface area contributed by atoms with Crippen LogP contribution in [0.25, 0.3) is 0 Å². The third kappa shape index (κ3) is 4.55. The van der Waals surface area contributed by atoms with Crippen molar-refractivity contribution in [2.45, 2.75) is 39.2 Å². The van der Waals surface area contributed by atoms with Crippen LogP contribution in [0.4, 0.5) is 0 Å². The van der Waals surface area contributed by atoms with Crippen LogP contribution < -0.4 is 5.32 Å². The maximum atomic E-state index is 12.6. The van der Waals surface area contributed by atoms with Gasteiger partial charge in [0.2, 0.25) is 5.91 Å². The van der Waals surface area contributed by atoms with Gasteiger partial charge in [0.15, 0.2) is 0 Å². The number of aliphatic hydroxyl groups excluding tert-OH is 1. The molecule has 1 atom stereocenters. The second-order valence-electron chi connectivity index (χ2n) is 6.76. The first-order chi connectivity index (χ1) is 10.5. The van der Waals surface area contributed by atoms with Gasteiger partial charge in [0, 0.05) is 18.6 Å². The summed E-state index contributed by atoms with van der Waals surface area (Å²) in [6.45, 7) is 5.47. The smallest absolute Gasteiger partial charge is 0.226 e. The number of nitrogens with one attached hydrogen (secondary N) is 1. The predicted molar refractivity (Wildman–Crippen MR) is 86.4 cm³/mol. The lowest BCUT2D eigenvalue weighted by Gasteiger charge is -2.32. The van der Waals surface area contributed by atoms with E-state index in [1.807, 2.05) is 44.2 Å². The number of aliphatic hydroxyl groups is 1. The first kappa shape index (κ1) is 17.0. The van der Waals surface area contributed by atoms with Crippen molar-refractivity contribution in [3.63, 3.8) is 0 Å².